The smallest absolute Gasteiger partial charge is 0.242 e. The molecule has 1 aliphatic rings. The minimum atomic E-state index is -0.557. The Kier molecular flexibility index (Phi) is 4.91. The van der Waals surface area contributed by atoms with Gasteiger partial charge in [0.25, 0.3) is 0 Å². The van der Waals surface area contributed by atoms with Crippen molar-refractivity contribution in [1.29, 1.82) is 0 Å². The highest BCUT2D eigenvalue weighted by molar-refractivity contribution is 5.93. The molecule has 4 nitrogen and oxygen atoms in total. The van der Waals surface area contributed by atoms with Crippen LogP contribution in [0, 0.1) is 11.8 Å². The van der Waals surface area contributed by atoms with E-state index in [9.17, 15) is 4.79 Å². The van der Waals surface area contributed by atoms with Crippen LogP contribution in [0.5, 0.6) is 0 Å². The largest absolute Gasteiger partial charge is 0.320 e. The SMILES string of the molecule is CC(N)C(=O)Nc1cccc(C#CC2=CCCCC2)n1. The summed E-state index contributed by atoms with van der Waals surface area (Å²) in [5.74, 6) is 6.43. The molecule has 1 atom stereocenters. The number of rotatable bonds is 2. The van der Waals surface area contributed by atoms with Crippen LogP contribution in [0.2, 0.25) is 0 Å². The Morgan fingerprint density at radius 2 is 2.25 bits per heavy atom. The van der Waals surface area contributed by atoms with E-state index >= 15 is 0 Å². The Labute approximate surface area is 119 Å². The number of nitrogens with two attached hydrogens (primary N) is 1. The van der Waals surface area contributed by atoms with Crippen LogP contribution in [-0.2, 0) is 4.79 Å². The van der Waals surface area contributed by atoms with Gasteiger partial charge in [-0.25, -0.2) is 4.98 Å². The fourth-order valence-corrected chi connectivity index (χ4v) is 1.91. The number of carbonyl (C=O) groups is 1. The summed E-state index contributed by atoms with van der Waals surface area (Å²) >= 11 is 0. The molecular weight excluding hydrogens is 250 g/mol. The predicted octanol–water partition coefficient (Wildman–Crippen LogP) is 2.22. The lowest BCUT2D eigenvalue weighted by molar-refractivity contribution is -0.117. The van der Waals surface area contributed by atoms with Crippen LogP contribution in [-0.4, -0.2) is 16.9 Å². The Balaban J connectivity index is 2.08. The molecule has 0 saturated carbocycles. The van der Waals surface area contributed by atoms with Crippen molar-refractivity contribution < 1.29 is 4.79 Å². The third-order valence-electron chi connectivity index (χ3n) is 3.06. The minimum absolute atomic E-state index is 0.252. The summed E-state index contributed by atoms with van der Waals surface area (Å²) in [7, 11) is 0. The zero-order chi connectivity index (χ0) is 14.4. The minimum Gasteiger partial charge on any atom is -0.320 e. The molecule has 0 aromatic carbocycles. The highest BCUT2D eigenvalue weighted by Crippen LogP contribution is 2.16. The molecule has 1 heterocycles. The Morgan fingerprint density at radius 3 is 2.95 bits per heavy atom. The Morgan fingerprint density at radius 1 is 1.40 bits per heavy atom. The van der Waals surface area contributed by atoms with Gasteiger partial charge < -0.3 is 11.1 Å². The first kappa shape index (κ1) is 14.3. The van der Waals surface area contributed by atoms with Gasteiger partial charge in [-0.1, -0.05) is 18.1 Å². The molecule has 1 aromatic heterocycles. The lowest BCUT2D eigenvalue weighted by Crippen LogP contribution is -2.32. The van der Waals surface area contributed by atoms with E-state index in [1.54, 1.807) is 13.0 Å². The summed E-state index contributed by atoms with van der Waals surface area (Å²) < 4.78 is 0. The van der Waals surface area contributed by atoms with Gasteiger partial charge >= 0.3 is 0 Å². The second-order valence-corrected chi connectivity index (χ2v) is 4.91. The average molecular weight is 269 g/mol. The molecule has 4 heteroatoms. The molecule has 0 bridgehead atoms. The van der Waals surface area contributed by atoms with Crippen molar-refractivity contribution in [2.45, 2.75) is 38.6 Å². The number of amides is 1. The van der Waals surface area contributed by atoms with Crippen molar-refractivity contribution in [2.75, 3.05) is 5.32 Å². The third-order valence-corrected chi connectivity index (χ3v) is 3.06. The fraction of sp³-hybridized carbons (Fsp3) is 0.375. The number of pyridine rings is 1. The van der Waals surface area contributed by atoms with Gasteiger partial charge in [0.05, 0.1) is 6.04 Å². The number of carbonyl (C=O) groups excluding carboxylic acids is 1. The maximum atomic E-state index is 11.5. The predicted molar refractivity (Wildman–Crippen MR) is 79.9 cm³/mol. The monoisotopic (exact) mass is 269 g/mol. The summed E-state index contributed by atoms with van der Waals surface area (Å²) in [4.78, 5) is 15.8. The molecule has 0 saturated heterocycles. The van der Waals surface area contributed by atoms with Crippen LogP contribution in [0.15, 0.2) is 29.8 Å². The van der Waals surface area contributed by atoms with Crippen LogP contribution in [0.4, 0.5) is 5.82 Å². The van der Waals surface area contributed by atoms with Crippen molar-refractivity contribution in [3.8, 4) is 11.8 Å². The molecular formula is C16H19N3O. The first-order chi connectivity index (χ1) is 9.65. The number of hydrogen-bond donors (Lipinski definition) is 2. The second-order valence-electron chi connectivity index (χ2n) is 4.91. The lowest BCUT2D eigenvalue weighted by atomic mass is 10.00. The van der Waals surface area contributed by atoms with Crippen molar-refractivity contribution in [2.24, 2.45) is 5.73 Å². The number of allylic oxidation sites excluding steroid dienone is 2. The molecule has 104 valence electrons. The lowest BCUT2D eigenvalue weighted by Gasteiger charge is -2.07. The van der Waals surface area contributed by atoms with E-state index in [1.165, 1.54) is 18.4 Å². The highest BCUT2D eigenvalue weighted by atomic mass is 16.2. The molecule has 0 radical (unpaired) electrons. The summed E-state index contributed by atoms with van der Waals surface area (Å²) in [6.45, 7) is 1.63. The van der Waals surface area contributed by atoms with Crippen molar-refractivity contribution >= 4 is 11.7 Å². The molecule has 1 aromatic rings. The van der Waals surface area contributed by atoms with Crippen LogP contribution in [0.25, 0.3) is 0 Å². The normalized spacial score (nSPS) is 15.6. The maximum Gasteiger partial charge on any atom is 0.242 e. The van der Waals surface area contributed by atoms with Gasteiger partial charge in [-0.3, -0.25) is 4.79 Å². The van der Waals surface area contributed by atoms with E-state index in [2.05, 4.69) is 28.2 Å². The molecule has 0 spiro atoms. The number of nitrogens with one attached hydrogen (secondary N) is 1. The van der Waals surface area contributed by atoms with E-state index in [4.69, 9.17) is 5.73 Å². The van der Waals surface area contributed by atoms with Crippen LogP contribution < -0.4 is 11.1 Å². The standard InChI is InChI=1S/C16H19N3O/c1-12(17)16(20)19-15-9-5-8-14(18-15)11-10-13-6-3-2-4-7-13/h5-6,8-9,12H,2-4,7,17H2,1H3,(H,18,19,20). The van der Waals surface area contributed by atoms with E-state index < -0.39 is 6.04 Å². The van der Waals surface area contributed by atoms with Gasteiger partial charge in [0.1, 0.15) is 11.5 Å². The molecule has 1 amide bonds. The first-order valence-electron chi connectivity index (χ1n) is 6.90. The number of nitrogens with zero attached hydrogens (tertiary/aromatic N) is 1. The van der Waals surface area contributed by atoms with Crippen molar-refractivity contribution in [1.82, 2.24) is 4.98 Å². The van der Waals surface area contributed by atoms with Gasteiger partial charge in [0.2, 0.25) is 5.91 Å². The third kappa shape index (κ3) is 4.22. The molecule has 0 aliphatic heterocycles. The van der Waals surface area contributed by atoms with Crippen LogP contribution in [0.1, 0.15) is 38.3 Å². The average Bonchev–Trinajstić information content (AvgIpc) is 2.46. The van der Waals surface area contributed by atoms with E-state index in [0.29, 0.717) is 11.5 Å². The van der Waals surface area contributed by atoms with Gasteiger partial charge in [0, 0.05) is 0 Å². The number of aromatic nitrogens is 1. The van der Waals surface area contributed by atoms with E-state index in [0.717, 1.165) is 12.8 Å². The first-order valence-corrected chi connectivity index (χ1v) is 6.90. The molecule has 0 fully saturated rings. The van der Waals surface area contributed by atoms with E-state index in [-0.39, 0.29) is 5.91 Å². The van der Waals surface area contributed by atoms with Gasteiger partial charge in [-0.05, 0) is 56.2 Å². The zero-order valence-corrected chi connectivity index (χ0v) is 11.6. The maximum absolute atomic E-state index is 11.5. The molecule has 1 aliphatic carbocycles. The van der Waals surface area contributed by atoms with Gasteiger partial charge in [-0.15, -0.1) is 0 Å². The summed E-state index contributed by atoms with van der Waals surface area (Å²) in [6.07, 6.45) is 6.81. The number of anilines is 1. The summed E-state index contributed by atoms with van der Waals surface area (Å²) in [6, 6.07) is 4.82. The quantitative estimate of drug-likeness (QED) is 0.809. The fourth-order valence-electron chi connectivity index (χ4n) is 1.91. The highest BCUT2D eigenvalue weighted by Gasteiger charge is 2.08. The summed E-state index contributed by atoms with van der Waals surface area (Å²) in [5.41, 5.74) is 7.34. The Bertz CT molecular complexity index is 579. The van der Waals surface area contributed by atoms with Crippen molar-refractivity contribution in [3.63, 3.8) is 0 Å². The number of hydrogen-bond acceptors (Lipinski definition) is 3. The van der Waals surface area contributed by atoms with Crippen LogP contribution in [0.3, 0.4) is 0 Å². The molecule has 1 unspecified atom stereocenters. The van der Waals surface area contributed by atoms with Gasteiger partial charge in [-0.2, -0.15) is 0 Å². The van der Waals surface area contributed by atoms with E-state index in [1.807, 2.05) is 12.1 Å². The van der Waals surface area contributed by atoms with Crippen LogP contribution >= 0.6 is 0 Å². The molecule has 20 heavy (non-hydrogen) atoms. The summed E-state index contributed by atoms with van der Waals surface area (Å²) in [5, 5.41) is 2.66. The van der Waals surface area contributed by atoms with Crippen molar-refractivity contribution in [3.05, 3.63) is 35.5 Å². The molecule has 2 rings (SSSR count). The topological polar surface area (TPSA) is 68.0 Å². The van der Waals surface area contributed by atoms with Gasteiger partial charge in [0.15, 0.2) is 0 Å². The second kappa shape index (κ2) is 6.88. The molecule has 3 N–H and O–H groups in total. The zero-order valence-electron chi connectivity index (χ0n) is 11.6. The Hall–Kier alpha value is -2.12.